The fourth-order valence-corrected chi connectivity index (χ4v) is 2.99. The van der Waals surface area contributed by atoms with E-state index >= 15 is 0 Å². The third-order valence-electron chi connectivity index (χ3n) is 4.19. The summed E-state index contributed by atoms with van der Waals surface area (Å²) in [5.74, 6) is -3.48. The van der Waals surface area contributed by atoms with E-state index in [-0.39, 0.29) is 11.1 Å². The fourth-order valence-electron chi connectivity index (χ4n) is 2.99. The maximum Gasteiger partial charge on any atom is 0.342 e. The highest BCUT2D eigenvalue weighted by Gasteiger charge is 2.27. The van der Waals surface area contributed by atoms with Crippen LogP contribution in [0.2, 0.25) is 0 Å². The molecule has 0 atom stereocenters. The van der Waals surface area contributed by atoms with Crippen LogP contribution in [0, 0.1) is 11.3 Å². The van der Waals surface area contributed by atoms with Crippen molar-refractivity contribution in [2.75, 3.05) is 5.73 Å². The Balaban J connectivity index is 2.43. The van der Waals surface area contributed by atoms with Gasteiger partial charge in [-0.3, -0.25) is 4.79 Å². The van der Waals surface area contributed by atoms with Crippen LogP contribution in [0.25, 0.3) is 22.3 Å². The van der Waals surface area contributed by atoms with Crippen LogP contribution in [-0.2, 0) is 0 Å². The van der Waals surface area contributed by atoms with Gasteiger partial charge in [-0.05, 0) is 28.8 Å². The van der Waals surface area contributed by atoms with E-state index in [2.05, 4.69) is 4.98 Å². The van der Waals surface area contributed by atoms with Gasteiger partial charge < -0.3 is 20.9 Å². The maximum atomic E-state index is 12.2. The molecule has 0 unspecified atom stereocenters. The number of benzene rings is 2. The van der Waals surface area contributed by atoms with Gasteiger partial charge in [-0.15, -0.1) is 0 Å². The number of nitriles is 1. The van der Waals surface area contributed by atoms with E-state index in [4.69, 9.17) is 11.0 Å². The molecule has 1 heterocycles. The van der Waals surface area contributed by atoms with Crippen molar-refractivity contribution in [1.29, 1.82) is 5.26 Å². The number of H-pyrrole nitrogens is 1. The summed E-state index contributed by atoms with van der Waals surface area (Å²) in [6.07, 6.45) is 0. The zero-order valence-electron chi connectivity index (χ0n) is 14.3. The number of anilines is 1. The van der Waals surface area contributed by atoms with Gasteiger partial charge in [0.1, 0.15) is 16.9 Å². The molecule has 28 heavy (non-hydrogen) atoms. The third kappa shape index (κ3) is 3.08. The molecule has 8 nitrogen and oxygen atoms in total. The number of carboxylic acids is 2. The quantitative estimate of drug-likeness (QED) is 0.545. The second-order valence-corrected chi connectivity index (χ2v) is 5.84. The second kappa shape index (κ2) is 7.09. The van der Waals surface area contributed by atoms with Crippen molar-refractivity contribution in [1.82, 2.24) is 4.98 Å². The number of aromatic carboxylic acids is 2. The van der Waals surface area contributed by atoms with Gasteiger partial charge in [-0.2, -0.15) is 5.26 Å². The Hall–Kier alpha value is -4.38. The number of hydrogen-bond acceptors (Lipinski definition) is 5. The monoisotopic (exact) mass is 375 g/mol. The highest BCUT2D eigenvalue weighted by molar-refractivity contribution is 6.09. The molecule has 0 aliphatic heterocycles. The first-order chi connectivity index (χ1) is 13.3. The SMILES string of the molecule is N#Cc1ccc(-c2ccccc2-c2c(C(=O)O)c(N)[nH]c(=O)c2C(=O)O)cc1. The summed E-state index contributed by atoms with van der Waals surface area (Å²) < 4.78 is 0. The topological polar surface area (TPSA) is 157 Å². The van der Waals surface area contributed by atoms with E-state index in [1.807, 2.05) is 6.07 Å². The minimum atomic E-state index is -1.58. The number of nitrogens with one attached hydrogen (secondary N) is 1. The molecule has 0 bridgehead atoms. The van der Waals surface area contributed by atoms with Gasteiger partial charge >= 0.3 is 11.9 Å². The highest BCUT2D eigenvalue weighted by atomic mass is 16.4. The molecule has 1 aromatic heterocycles. The van der Waals surface area contributed by atoms with Gasteiger partial charge in [-0.25, -0.2) is 9.59 Å². The first-order valence-electron chi connectivity index (χ1n) is 7.97. The summed E-state index contributed by atoms with van der Waals surface area (Å²) in [4.78, 5) is 37.9. The van der Waals surface area contributed by atoms with E-state index in [0.717, 1.165) is 0 Å². The second-order valence-electron chi connectivity index (χ2n) is 5.84. The van der Waals surface area contributed by atoms with Crippen molar-refractivity contribution < 1.29 is 19.8 Å². The third-order valence-corrected chi connectivity index (χ3v) is 4.19. The fraction of sp³-hybridized carbons (Fsp3) is 0. The van der Waals surface area contributed by atoms with Crippen LogP contribution in [0.15, 0.2) is 53.3 Å². The number of aromatic amines is 1. The number of hydrogen-bond donors (Lipinski definition) is 4. The van der Waals surface area contributed by atoms with Crippen molar-refractivity contribution >= 4 is 17.8 Å². The molecule has 0 aliphatic carbocycles. The Morgan fingerprint density at radius 2 is 1.50 bits per heavy atom. The van der Waals surface area contributed by atoms with Crippen LogP contribution in [0.3, 0.4) is 0 Å². The zero-order valence-corrected chi connectivity index (χ0v) is 14.3. The van der Waals surface area contributed by atoms with Crippen LogP contribution >= 0.6 is 0 Å². The molecular weight excluding hydrogens is 362 g/mol. The number of carboxylic acid groups (broad SMARTS) is 2. The number of pyridine rings is 1. The molecule has 0 saturated carbocycles. The predicted molar refractivity (Wildman–Crippen MR) is 101 cm³/mol. The van der Waals surface area contributed by atoms with E-state index < -0.39 is 34.4 Å². The van der Waals surface area contributed by atoms with Crippen LogP contribution in [0.5, 0.6) is 0 Å². The number of nitrogen functional groups attached to an aromatic ring is 1. The number of nitrogens with zero attached hydrogens (tertiary/aromatic N) is 1. The van der Waals surface area contributed by atoms with Gasteiger partial charge in [0.25, 0.3) is 5.56 Å². The Labute approximate surface area is 158 Å². The lowest BCUT2D eigenvalue weighted by Crippen LogP contribution is -2.24. The molecule has 0 spiro atoms. The first-order valence-corrected chi connectivity index (χ1v) is 7.97. The smallest absolute Gasteiger partial charge is 0.342 e. The molecule has 2 aromatic carbocycles. The molecule has 5 N–H and O–H groups in total. The minimum absolute atomic E-state index is 0.222. The zero-order chi connectivity index (χ0) is 20.4. The Bertz CT molecular complexity index is 1200. The van der Waals surface area contributed by atoms with Crippen LogP contribution in [0.4, 0.5) is 5.82 Å². The van der Waals surface area contributed by atoms with E-state index in [9.17, 15) is 24.6 Å². The van der Waals surface area contributed by atoms with E-state index in [1.54, 1.807) is 42.5 Å². The van der Waals surface area contributed by atoms with Crippen LogP contribution in [-0.4, -0.2) is 27.1 Å². The lowest BCUT2D eigenvalue weighted by molar-refractivity contribution is 0.0695. The standard InChI is InChI=1S/C20H13N3O5/c21-9-10-5-7-11(8-6-10)12-3-1-2-4-13(12)14-15(19(25)26)17(22)23-18(24)16(14)20(27)28/h1-8H,(H,25,26)(H,27,28)(H3,22,23,24). The van der Waals surface area contributed by atoms with E-state index in [0.29, 0.717) is 16.7 Å². The van der Waals surface area contributed by atoms with Gasteiger partial charge in [0.15, 0.2) is 0 Å². The van der Waals surface area contributed by atoms with Crippen LogP contribution in [0.1, 0.15) is 26.3 Å². The van der Waals surface area contributed by atoms with Crippen molar-refractivity contribution in [3.05, 3.63) is 75.6 Å². The molecule has 8 heteroatoms. The summed E-state index contributed by atoms with van der Waals surface area (Å²) in [5, 5.41) is 28.1. The summed E-state index contributed by atoms with van der Waals surface area (Å²) >= 11 is 0. The number of aromatic nitrogens is 1. The first kappa shape index (κ1) is 18.4. The molecule has 3 rings (SSSR count). The summed E-state index contributed by atoms with van der Waals surface area (Å²) in [6.45, 7) is 0. The molecular formula is C20H13N3O5. The molecule has 0 fully saturated rings. The maximum absolute atomic E-state index is 12.2. The van der Waals surface area contributed by atoms with Crippen molar-refractivity contribution in [3.8, 4) is 28.3 Å². The largest absolute Gasteiger partial charge is 0.478 e. The van der Waals surface area contributed by atoms with Gasteiger partial charge in [-0.1, -0.05) is 36.4 Å². The molecule has 138 valence electrons. The summed E-state index contributed by atoms with van der Waals surface area (Å²) in [6, 6.07) is 14.9. The summed E-state index contributed by atoms with van der Waals surface area (Å²) in [7, 11) is 0. The van der Waals surface area contributed by atoms with Gasteiger partial charge in [0, 0.05) is 5.56 Å². The molecule has 0 aliphatic rings. The average Bonchev–Trinajstić information content (AvgIpc) is 2.66. The Morgan fingerprint density at radius 1 is 0.929 bits per heavy atom. The Kier molecular flexibility index (Phi) is 4.66. The number of carbonyl (C=O) groups is 2. The van der Waals surface area contributed by atoms with Crippen molar-refractivity contribution in [2.45, 2.75) is 0 Å². The van der Waals surface area contributed by atoms with Crippen molar-refractivity contribution in [2.24, 2.45) is 0 Å². The average molecular weight is 375 g/mol. The Morgan fingerprint density at radius 3 is 2.04 bits per heavy atom. The minimum Gasteiger partial charge on any atom is -0.478 e. The lowest BCUT2D eigenvalue weighted by Gasteiger charge is -2.16. The van der Waals surface area contributed by atoms with Gasteiger partial charge in [0.05, 0.1) is 11.6 Å². The normalized spacial score (nSPS) is 10.2. The van der Waals surface area contributed by atoms with E-state index in [1.165, 1.54) is 6.07 Å². The van der Waals surface area contributed by atoms with Crippen molar-refractivity contribution in [3.63, 3.8) is 0 Å². The molecule has 0 amide bonds. The highest BCUT2D eigenvalue weighted by Crippen LogP contribution is 2.36. The molecule has 3 aromatic rings. The van der Waals surface area contributed by atoms with Crippen LogP contribution < -0.4 is 11.3 Å². The number of rotatable bonds is 4. The summed E-state index contributed by atoms with van der Waals surface area (Å²) in [5.41, 5.74) is 4.95. The van der Waals surface area contributed by atoms with Gasteiger partial charge in [0.2, 0.25) is 0 Å². The predicted octanol–water partition coefficient (Wildman–Crippen LogP) is 2.56. The molecule has 0 radical (unpaired) electrons. The molecule has 0 saturated heterocycles. The number of nitrogens with two attached hydrogens (primary N) is 1. The lowest BCUT2D eigenvalue weighted by atomic mass is 9.89.